The predicted molar refractivity (Wildman–Crippen MR) is 107 cm³/mol. The smallest absolute Gasteiger partial charge is 0.169 e. The third-order valence-electron chi connectivity index (χ3n) is 4.72. The van der Waals surface area contributed by atoms with E-state index in [4.69, 9.17) is 12.2 Å². The van der Waals surface area contributed by atoms with Crippen LogP contribution in [0.2, 0.25) is 0 Å². The van der Waals surface area contributed by atoms with E-state index in [1.807, 2.05) is 0 Å². The molecule has 0 saturated carbocycles. The van der Waals surface area contributed by atoms with Crippen molar-refractivity contribution < 1.29 is 0 Å². The predicted octanol–water partition coefficient (Wildman–Crippen LogP) is 4.04. The minimum atomic E-state index is 0.947. The summed E-state index contributed by atoms with van der Waals surface area (Å²) in [5, 5.41) is 4.39. The third kappa shape index (κ3) is 7.18. The van der Waals surface area contributed by atoms with Crippen molar-refractivity contribution in [1.82, 2.24) is 15.1 Å². The molecule has 0 spiro atoms. The van der Waals surface area contributed by atoms with Crippen molar-refractivity contribution in [3.8, 4) is 0 Å². The second kappa shape index (κ2) is 11.4. The first-order valence-electron chi connectivity index (χ1n) is 9.58. The van der Waals surface area contributed by atoms with E-state index in [1.165, 1.54) is 44.1 Å². The van der Waals surface area contributed by atoms with E-state index in [0.29, 0.717) is 0 Å². The van der Waals surface area contributed by atoms with Gasteiger partial charge in [-0.2, -0.15) is 0 Å². The quantitative estimate of drug-likeness (QED) is 0.536. The van der Waals surface area contributed by atoms with E-state index < -0.39 is 0 Å². The molecular formula is C20H33N3S. The van der Waals surface area contributed by atoms with Crippen LogP contribution in [0, 0.1) is 0 Å². The number of rotatable bonds is 9. The number of unbranched alkanes of at least 4 members (excludes halogenated alkanes) is 5. The van der Waals surface area contributed by atoms with E-state index in [-0.39, 0.29) is 0 Å². The van der Waals surface area contributed by atoms with Gasteiger partial charge in [0.2, 0.25) is 0 Å². The monoisotopic (exact) mass is 347 g/mol. The summed E-state index contributed by atoms with van der Waals surface area (Å²) in [4.78, 5) is 4.84. The molecule has 4 heteroatoms. The highest BCUT2D eigenvalue weighted by molar-refractivity contribution is 7.80. The van der Waals surface area contributed by atoms with Crippen LogP contribution in [0.3, 0.4) is 0 Å². The zero-order valence-electron chi connectivity index (χ0n) is 15.2. The van der Waals surface area contributed by atoms with Gasteiger partial charge in [-0.05, 0) is 24.2 Å². The van der Waals surface area contributed by atoms with Crippen molar-refractivity contribution in [3.63, 3.8) is 0 Å². The maximum Gasteiger partial charge on any atom is 0.169 e. The van der Waals surface area contributed by atoms with Crippen LogP contribution >= 0.6 is 12.2 Å². The van der Waals surface area contributed by atoms with E-state index in [1.54, 1.807) is 0 Å². The molecule has 1 aromatic carbocycles. The Kier molecular flexibility index (Phi) is 9.14. The number of nitrogens with one attached hydrogen (secondary N) is 1. The molecule has 0 amide bonds. The Bertz CT molecular complexity index is 455. The van der Waals surface area contributed by atoms with Crippen molar-refractivity contribution in [3.05, 3.63) is 35.9 Å². The molecule has 1 aliphatic rings. The van der Waals surface area contributed by atoms with E-state index in [0.717, 1.165) is 44.4 Å². The molecule has 0 aromatic heterocycles. The highest BCUT2D eigenvalue weighted by atomic mass is 32.1. The number of hydrogen-bond donors (Lipinski definition) is 1. The summed E-state index contributed by atoms with van der Waals surface area (Å²) in [6.07, 6.45) is 7.99. The standard InChI is InChI=1S/C20H33N3S/c1-2-3-4-5-6-10-13-21-20(24)23-16-14-22(15-17-23)18-19-11-8-7-9-12-19/h7-9,11-12H,2-6,10,13-18H2,1H3,(H,21,24). The minimum absolute atomic E-state index is 0.947. The van der Waals surface area contributed by atoms with Gasteiger partial charge < -0.3 is 10.2 Å². The maximum absolute atomic E-state index is 5.56. The Balaban J connectivity index is 1.55. The molecule has 1 heterocycles. The van der Waals surface area contributed by atoms with Gasteiger partial charge in [-0.25, -0.2) is 0 Å². The number of thiocarbonyl (C=S) groups is 1. The van der Waals surface area contributed by atoms with Crippen LogP contribution < -0.4 is 5.32 Å². The Labute approximate surface area is 153 Å². The van der Waals surface area contributed by atoms with Crippen LogP contribution in [-0.2, 0) is 6.54 Å². The van der Waals surface area contributed by atoms with Crippen molar-refractivity contribution in [2.45, 2.75) is 52.0 Å². The molecule has 1 fully saturated rings. The van der Waals surface area contributed by atoms with Crippen LogP contribution in [0.1, 0.15) is 51.0 Å². The molecule has 0 atom stereocenters. The van der Waals surface area contributed by atoms with Gasteiger partial charge in [0.05, 0.1) is 0 Å². The van der Waals surface area contributed by atoms with Crippen LogP contribution in [-0.4, -0.2) is 47.6 Å². The molecule has 24 heavy (non-hydrogen) atoms. The summed E-state index contributed by atoms with van der Waals surface area (Å²) in [5.41, 5.74) is 1.40. The van der Waals surface area contributed by atoms with Crippen LogP contribution in [0.25, 0.3) is 0 Å². The molecule has 1 N–H and O–H groups in total. The molecule has 134 valence electrons. The van der Waals surface area contributed by atoms with E-state index in [9.17, 15) is 0 Å². The summed E-state index contributed by atoms with van der Waals surface area (Å²) in [6.45, 7) is 8.59. The molecule has 0 radical (unpaired) electrons. The summed E-state index contributed by atoms with van der Waals surface area (Å²) >= 11 is 5.56. The highest BCUT2D eigenvalue weighted by Crippen LogP contribution is 2.09. The first-order chi connectivity index (χ1) is 11.8. The van der Waals surface area contributed by atoms with Crippen molar-refractivity contribution in [2.75, 3.05) is 32.7 Å². The topological polar surface area (TPSA) is 18.5 Å². The third-order valence-corrected chi connectivity index (χ3v) is 5.12. The zero-order valence-corrected chi connectivity index (χ0v) is 16.0. The van der Waals surface area contributed by atoms with Gasteiger partial charge in [-0.1, -0.05) is 69.4 Å². The largest absolute Gasteiger partial charge is 0.363 e. The molecule has 0 bridgehead atoms. The van der Waals surface area contributed by atoms with Gasteiger partial charge in [0.1, 0.15) is 0 Å². The van der Waals surface area contributed by atoms with E-state index >= 15 is 0 Å². The highest BCUT2D eigenvalue weighted by Gasteiger charge is 2.18. The van der Waals surface area contributed by atoms with Gasteiger partial charge in [0, 0.05) is 39.3 Å². The second-order valence-corrected chi connectivity index (χ2v) is 7.14. The maximum atomic E-state index is 5.56. The first kappa shape index (κ1) is 19.2. The molecule has 1 saturated heterocycles. The van der Waals surface area contributed by atoms with Crippen LogP contribution in [0.5, 0.6) is 0 Å². The SMILES string of the molecule is CCCCCCCCNC(=S)N1CCN(Cc2ccccc2)CC1. The van der Waals surface area contributed by atoms with Crippen molar-refractivity contribution in [1.29, 1.82) is 0 Å². The molecule has 0 unspecified atom stereocenters. The molecular weight excluding hydrogens is 314 g/mol. The average molecular weight is 348 g/mol. The summed E-state index contributed by atoms with van der Waals surface area (Å²) in [5.74, 6) is 0. The zero-order chi connectivity index (χ0) is 17.0. The fourth-order valence-electron chi connectivity index (χ4n) is 3.16. The first-order valence-corrected chi connectivity index (χ1v) is 9.99. The fraction of sp³-hybridized carbons (Fsp3) is 0.650. The Morgan fingerprint density at radius 1 is 0.958 bits per heavy atom. The molecule has 0 aliphatic carbocycles. The molecule has 2 rings (SSSR count). The van der Waals surface area contributed by atoms with Gasteiger partial charge in [-0.3, -0.25) is 4.90 Å². The van der Waals surface area contributed by atoms with Gasteiger partial charge in [0.25, 0.3) is 0 Å². The van der Waals surface area contributed by atoms with Crippen molar-refractivity contribution in [2.24, 2.45) is 0 Å². The molecule has 1 aromatic rings. The lowest BCUT2D eigenvalue weighted by Crippen LogP contribution is -2.51. The lowest BCUT2D eigenvalue weighted by molar-refractivity contribution is 0.174. The number of piperazine rings is 1. The summed E-state index contributed by atoms with van der Waals surface area (Å²) in [7, 11) is 0. The Morgan fingerprint density at radius 2 is 1.62 bits per heavy atom. The van der Waals surface area contributed by atoms with Crippen LogP contribution in [0.4, 0.5) is 0 Å². The van der Waals surface area contributed by atoms with E-state index in [2.05, 4.69) is 52.4 Å². The normalized spacial score (nSPS) is 15.5. The summed E-state index contributed by atoms with van der Waals surface area (Å²) < 4.78 is 0. The second-order valence-electron chi connectivity index (χ2n) is 6.75. The number of benzene rings is 1. The van der Waals surface area contributed by atoms with Gasteiger partial charge in [0.15, 0.2) is 5.11 Å². The molecule has 3 nitrogen and oxygen atoms in total. The van der Waals surface area contributed by atoms with Crippen LogP contribution in [0.15, 0.2) is 30.3 Å². The number of nitrogens with zero attached hydrogens (tertiary/aromatic N) is 2. The minimum Gasteiger partial charge on any atom is -0.363 e. The summed E-state index contributed by atoms with van der Waals surface area (Å²) in [6, 6.07) is 10.7. The number of hydrogen-bond acceptors (Lipinski definition) is 2. The van der Waals surface area contributed by atoms with Gasteiger partial charge >= 0.3 is 0 Å². The Hall–Kier alpha value is -1.13. The lowest BCUT2D eigenvalue weighted by Gasteiger charge is -2.36. The molecule has 1 aliphatic heterocycles. The lowest BCUT2D eigenvalue weighted by atomic mass is 10.1. The van der Waals surface area contributed by atoms with Crippen molar-refractivity contribution >= 4 is 17.3 Å². The Morgan fingerprint density at radius 3 is 2.33 bits per heavy atom. The van der Waals surface area contributed by atoms with Gasteiger partial charge in [-0.15, -0.1) is 0 Å². The fourth-order valence-corrected chi connectivity index (χ4v) is 3.45. The average Bonchev–Trinajstić information content (AvgIpc) is 2.62.